The minimum atomic E-state index is -5.10. The molecule has 6 heterocycles. The molecular formula is C83H74CuF22I2N3O14. The molecule has 0 aliphatic carbocycles. The van der Waals surface area contributed by atoms with E-state index in [1.54, 1.807) is 51.4 Å². The molecule has 125 heavy (non-hydrogen) atoms. The van der Waals surface area contributed by atoms with E-state index in [0.717, 1.165) is 133 Å². The van der Waals surface area contributed by atoms with E-state index in [1.807, 2.05) is 6.08 Å². The molecule has 6 aliphatic heterocycles. The monoisotopic (exact) mass is 2070 g/mol. The van der Waals surface area contributed by atoms with Crippen molar-refractivity contribution in [3.8, 4) is 58.1 Å². The Labute approximate surface area is 739 Å². The maximum Gasteiger partial charge on any atom is 1.00 e. The first-order valence-electron chi connectivity index (χ1n) is 36.9. The van der Waals surface area contributed by atoms with Crippen LogP contribution in [0.2, 0.25) is 0 Å². The smallest absolute Gasteiger partial charge is 0.512 e. The van der Waals surface area contributed by atoms with Crippen molar-refractivity contribution >= 4 is 45.2 Å². The van der Waals surface area contributed by atoms with Gasteiger partial charge in [0.2, 0.25) is 0 Å². The second kappa shape index (κ2) is 55.1. The predicted octanol–water partition coefficient (Wildman–Crippen LogP) is 23.8. The number of hydrogen-bond acceptors (Lipinski definition) is 17. The van der Waals surface area contributed by atoms with E-state index < -0.39 is 158 Å². The van der Waals surface area contributed by atoms with E-state index in [9.17, 15) is 96.6 Å². The van der Waals surface area contributed by atoms with Gasteiger partial charge < -0.3 is 79.3 Å². The van der Waals surface area contributed by atoms with Crippen LogP contribution in [0.25, 0.3) is 0 Å². The molecule has 0 amide bonds. The van der Waals surface area contributed by atoms with Crippen LogP contribution in [-0.2, 0) is 57.8 Å². The normalized spacial score (nSPS) is 17.4. The van der Waals surface area contributed by atoms with Gasteiger partial charge in [-0.25, -0.2) is 70.2 Å². The average Bonchev–Trinajstić information content (AvgIpc) is 0.802. The number of benzene rings is 8. The van der Waals surface area contributed by atoms with Gasteiger partial charge in [-0.1, -0.05) is 0 Å². The molecule has 0 spiro atoms. The van der Waals surface area contributed by atoms with Gasteiger partial charge in [0.05, 0.1) is 53.0 Å². The number of ether oxygens (including phenoxy) is 11. The summed E-state index contributed by atoms with van der Waals surface area (Å²) in [6.07, 6.45) is 6.95. The molecule has 5 saturated heterocycles. The number of phenols is 3. The quantitative estimate of drug-likeness (QED) is 0.0380. The molecule has 3 N–H and O–H groups in total. The first-order valence-corrected chi connectivity index (χ1v) is 39.1. The van der Waals surface area contributed by atoms with Crippen molar-refractivity contribution in [1.29, 1.82) is 15.8 Å². The van der Waals surface area contributed by atoms with Crippen LogP contribution in [-0.4, -0.2) is 86.4 Å². The minimum Gasteiger partial charge on any atom is -0.512 e. The molecule has 0 saturated carbocycles. The molecule has 0 aromatic heterocycles. The first kappa shape index (κ1) is 108. The zero-order valence-electron chi connectivity index (χ0n) is 64.7. The van der Waals surface area contributed by atoms with E-state index in [-0.39, 0.29) is 84.0 Å². The van der Waals surface area contributed by atoms with Crippen molar-refractivity contribution in [2.24, 2.45) is 0 Å². The third-order valence-electron chi connectivity index (χ3n) is 16.3. The average molecular weight is 2070 g/mol. The van der Waals surface area contributed by atoms with Gasteiger partial charge in [-0.05, 0) is 128 Å². The number of nitriles is 2. The summed E-state index contributed by atoms with van der Waals surface area (Å²) >= 11 is 3.24. The van der Waals surface area contributed by atoms with Crippen LogP contribution in [0.15, 0.2) is 122 Å². The van der Waals surface area contributed by atoms with Crippen LogP contribution in [0.3, 0.4) is 0 Å². The fraction of sp³-hybridized carbons (Fsp3) is 0.361. The van der Waals surface area contributed by atoms with Gasteiger partial charge in [-0.3, -0.25) is 0 Å². The molecule has 684 valence electrons. The minimum absolute atomic E-state index is 0. The number of rotatable bonds is 10. The van der Waals surface area contributed by atoms with Crippen molar-refractivity contribution < 1.29 is 181 Å². The molecule has 5 unspecified atom stereocenters. The molecule has 6 aliphatic rings. The first-order chi connectivity index (χ1) is 58.8. The van der Waals surface area contributed by atoms with Crippen LogP contribution in [0.1, 0.15) is 131 Å². The van der Waals surface area contributed by atoms with Gasteiger partial charge >= 0.3 is 29.4 Å². The van der Waals surface area contributed by atoms with Crippen molar-refractivity contribution in [3.63, 3.8) is 0 Å². The Morgan fingerprint density at radius 1 is 0.320 bits per heavy atom. The summed E-state index contributed by atoms with van der Waals surface area (Å²) in [4.78, 5) is 0. The summed E-state index contributed by atoms with van der Waals surface area (Å²) in [5.41, 5.74) is -5.18. The molecule has 0 radical (unpaired) electrons. The topological polar surface area (TPSA) is 234 Å². The van der Waals surface area contributed by atoms with E-state index in [0.29, 0.717) is 76.2 Å². The molecule has 14 rings (SSSR count). The molecule has 8 aromatic rings. The third-order valence-corrected chi connectivity index (χ3v) is 18.4. The SMILES string of the molecule is C1=COCCC1.Fc1cc(F)cc(OC2CCCCO2)c1.Fc1cc(OC2CCCCO2)cc(F)c1C(F)(F)F.Fc1cc(OC2CCCCO2)cc(F)c1I.Fc1cc(OC2CCCCO2)cc(F)c1I.N#Cc1c(F)cc(O)cc1F.N#Cc1c(F)cc(OC2CCCCO2)cc1F.Oc1cc(F)c(C(F)(F)F)c(F)c1.Oc1cc(F)cc(F)c1.[C-]#N.[Cu+]. The van der Waals surface area contributed by atoms with Crippen LogP contribution in [0.4, 0.5) is 96.6 Å². The number of halogens is 24. The second-order valence-corrected chi connectivity index (χ2v) is 28.1. The number of nitrogens with zero attached hydrogens (tertiary/aromatic N) is 3. The van der Waals surface area contributed by atoms with E-state index in [1.165, 1.54) is 49.2 Å². The van der Waals surface area contributed by atoms with Crippen molar-refractivity contribution in [3.05, 3.63) is 251 Å². The Bertz CT molecular complexity index is 4540. The molecular weight excluding hydrogens is 2000 g/mol. The van der Waals surface area contributed by atoms with Gasteiger partial charge in [0.15, 0.2) is 31.5 Å². The predicted molar refractivity (Wildman–Crippen MR) is 411 cm³/mol. The largest absolute Gasteiger partial charge is 1.00 e. The Kier molecular flexibility index (Phi) is 47.5. The summed E-state index contributed by atoms with van der Waals surface area (Å²) in [6, 6.07) is 17.8. The third kappa shape index (κ3) is 39.0. The maximum atomic E-state index is 13.3. The van der Waals surface area contributed by atoms with Crippen LogP contribution < -0.4 is 23.7 Å². The van der Waals surface area contributed by atoms with E-state index in [2.05, 4.69) is 0 Å². The van der Waals surface area contributed by atoms with Gasteiger partial charge in [-0.15, -0.1) is 0 Å². The second-order valence-electron chi connectivity index (χ2n) is 25.9. The maximum absolute atomic E-state index is 13.3. The number of phenolic OH excluding ortho intramolecular Hbond substituents is 3. The number of allylic oxidation sites excluding steroid dienone is 1. The summed E-state index contributed by atoms with van der Waals surface area (Å²) in [7, 11) is 0. The van der Waals surface area contributed by atoms with Crippen molar-refractivity contribution in [2.75, 3.05) is 39.6 Å². The van der Waals surface area contributed by atoms with Crippen LogP contribution >= 0.6 is 45.2 Å². The summed E-state index contributed by atoms with van der Waals surface area (Å²) < 4.78 is 336. The fourth-order valence-corrected chi connectivity index (χ4v) is 11.3. The standard InChI is InChI=1S/C12H11F5O2.C12H11F2NO2.2C11H11F2IO2.C11H12F2O2.C7H3F5O.C7H3F2NO.C6H4F2O.C5H8O.CN.Cu/c13-8-5-7(19-10-3-1-2-4-18-10)6-9(14)11(8)12(15,16)17;13-10-5-8(6-11(14)9(10)7-15)17-12-3-1-2-4-16-12;2*12-8-5-7(6-9(13)11(8)14)16-10-3-1-2-4-15-10;12-8-5-9(13)7-10(6-8)15-11-3-1-2-4-14-11;8-4-1-3(13)2-5(9)6(4)7(10,11)12;8-6-1-4(11)2-7(9)5(6)3-10;7-4-1-5(8)3-6(9)2-4;1-2-4-6-5-3-1;1-2;/h5-6,10H,1-4H2;5-6,12H,1-4H2;2*5-6,10H,1-4H2;5-7,11H,1-4H2;1-2,13H;1-2,11H;1-3,9H;2,4H,1,3,5H2;;/q;;;;;;;;;-1;+1. The number of hydrogen-bond donors (Lipinski definition) is 3. The Morgan fingerprint density at radius 3 is 0.768 bits per heavy atom. The van der Waals surface area contributed by atoms with Crippen LogP contribution in [0.5, 0.6) is 46.0 Å². The Morgan fingerprint density at radius 2 is 0.552 bits per heavy atom. The molecule has 8 aromatic carbocycles. The summed E-state index contributed by atoms with van der Waals surface area (Å²) in [5, 5.41) is 48.6. The zero-order valence-corrected chi connectivity index (χ0v) is 70.0. The fourth-order valence-electron chi connectivity index (χ4n) is 10.7. The van der Waals surface area contributed by atoms with Crippen molar-refractivity contribution in [2.45, 2.75) is 153 Å². The Balaban J connectivity index is 0.000000297. The van der Waals surface area contributed by atoms with Gasteiger partial charge in [-0.2, -0.15) is 36.9 Å². The summed E-state index contributed by atoms with van der Waals surface area (Å²) in [5.74, 6) is -17.8. The molecule has 5 fully saturated rings. The molecule has 5 atom stereocenters. The zero-order chi connectivity index (χ0) is 91.8. The van der Waals surface area contributed by atoms with Gasteiger partial charge in [0.1, 0.15) is 173 Å². The number of alkyl halides is 6. The van der Waals surface area contributed by atoms with E-state index >= 15 is 0 Å². The van der Waals surface area contributed by atoms with Gasteiger partial charge in [0.25, 0.3) is 0 Å². The van der Waals surface area contributed by atoms with Crippen LogP contribution in [0, 0.1) is 135 Å². The molecule has 17 nitrogen and oxygen atoms in total. The molecule has 0 bridgehead atoms. The van der Waals surface area contributed by atoms with Crippen molar-refractivity contribution in [1.82, 2.24) is 0 Å². The summed E-state index contributed by atoms with van der Waals surface area (Å²) in [6.45, 7) is 8.63. The van der Waals surface area contributed by atoms with E-state index in [4.69, 9.17) is 89.8 Å². The number of aromatic hydroxyl groups is 3. The molecule has 42 heteroatoms. The van der Waals surface area contributed by atoms with Gasteiger partial charge in [0, 0.05) is 141 Å². The Hall–Kier alpha value is -9.59.